The lowest BCUT2D eigenvalue weighted by atomic mass is 10.2. The van der Waals surface area contributed by atoms with Gasteiger partial charge < -0.3 is 17.2 Å². The van der Waals surface area contributed by atoms with E-state index in [2.05, 4.69) is 27.3 Å². The second kappa shape index (κ2) is 5.16. The van der Waals surface area contributed by atoms with Gasteiger partial charge in [0, 0.05) is 29.7 Å². The van der Waals surface area contributed by atoms with Crippen LogP contribution in [-0.2, 0) is 19.2 Å². The second-order valence-electron chi connectivity index (χ2n) is 4.12. The molecule has 94 valence electrons. The van der Waals surface area contributed by atoms with Crippen LogP contribution in [0.2, 0.25) is 0 Å². The molecule has 0 amide bonds. The number of aromatic nitrogens is 4. The maximum atomic E-state index is 5.24. The minimum absolute atomic E-state index is 0.489. The van der Waals surface area contributed by atoms with E-state index in [0.29, 0.717) is 11.7 Å². The van der Waals surface area contributed by atoms with Gasteiger partial charge in [-0.2, -0.15) is 5.10 Å². The Balaban J connectivity index is 2.00. The summed E-state index contributed by atoms with van der Waals surface area (Å²) in [7, 11) is 0. The van der Waals surface area contributed by atoms with Gasteiger partial charge in [-0.25, -0.2) is 0 Å². The Morgan fingerprint density at radius 1 is 1.00 bits per heavy atom. The zero-order valence-corrected chi connectivity index (χ0v) is 10.9. The normalized spacial score (nSPS) is 10.5. The van der Waals surface area contributed by atoms with Crippen LogP contribution in [0.15, 0.2) is 60.0 Å². The smallest absolute Gasteiger partial charge is 0.164 e. The molecule has 0 radical (unpaired) electrons. The summed E-state index contributed by atoms with van der Waals surface area (Å²) in [6, 6.07) is 13.9. The van der Waals surface area contributed by atoms with Crippen molar-refractivity contribution in [3.05, 3.63) is 60.4 Å². The van der Waals surface area contributed by atoms with Crippen LogP contribution in [0.25, 0.3) is 11.4 Å². The lowest BCUT2D eigenvalue weighted by Gasteiger charge is -2.13. The summed E-state index contributed by atoms with van der Waals surface area (Å²) in [5, 5.41) is 8.63. The molecule has 0 N–H and O–H groups in total. The first-order chi connectivity index (χ1) is 9.34. The van der Waals surface area contributed by atoms with Crippen molar-refractivity contribution in [3.63, 3.8) is 0 Å². The van der Waals surface area contributed by atoms with E-state index in [0.717, 1.165) is 11.4 Å². The summed E-state index contributed by atoms with van der Waals surface area (Å²) in [5.41, 5.74) is 2.08. The highest BCUT2D eigenvalue weighted by atomic mass is 32.1. The number of pyridine rings is 1. The SMILES string of the molecule is [S-]c1nnc(-c2cccnc2)n1Cc1ccccc1. The Labute approximate surface area is 116 Å². The van der Waals surface area contributed by atoms with Crippen molar-refractivity contribution in [2.24, 2.45) is 0 Å². The molecule has 3 aromatic rings. The maximum Gasteiger partial charge on any atom is 0.164 e. The largest absolute Gasteiger partial charge is 0.740 e. The number of benzene rings is 1. The van der Waals surface area contributed by atoms with E-state index >= 15 is 0 Å². The predicted molar refractivity (Wildman–Crippen MR) is 74.4 cm³/mol. The first-order valence-corrected chi connectivity index (χ1v) is 6.30. The zero-order valence-electron chi connectivity index (χ0n) is 10.1. The zero-order chi connectivity index (χ0) is 13.1. The summed E-state index contributed by atoms with van der Waals surface area (Å²) in [5.74, 6) is 0.752. The summed E-state index contributed by atoms with van der Waals surface area (Å²) in [4.78, 5) is 4.10. The number of nitrogens with zero attached hydrogens (tertiary/aromatic N) is 4. The second-order valence-corrected chi connectivity index (χ2v) is 4.48. The molecule has 0 atom stereocenters. The van der Waals surface area contributed by atoms with Crippen LogP contribution in [0.4, 0.5) is 0 Å². The molecule has 0 saturated heterocycles. The summed E-state index contributed by atoms with van der Waals surface area (Å²) in [6.07, 6.45) is 3.50. The van der Waals surface area contributed by atoms with Crippen LogP contribution in [-0.4, -0.2) is 19.7 Å². The molecule has 0 bridgehead atoms. The van der Waals surface area contributed by atoms with Crippen molar-refractivity contribution in [2.45, 2.75) is 11.7 Å². The lowest BCUT2D eigenvalue weighted by Crippen LogP contribution is -2.04. The van der Waals surface area contributed by atoms with Crippen molar-refractivity contribution >= 4 is 12.6 Å². The first kappa shape index (κ1) is 11.8. The highest BCUT2D eigenvalue weighted by Gasteiger charge is 2.08. The van der Waals surface area contributed by atoms with Gasteiger partial charge >= 0.3 is 0 Å². The molecular weight excluding hydrogens is 256 g/mol. The van der Waals surface area contributed by atoms with Crippen molar-refractivity contribution in [2.75, 3.05) is 0 Å². The molecule has 19 heavy (non-hydrogen) atoms. The van der Waals surface area contributed by atoms with Crippen molar-refractivity contribution < 1.29 is 0 Å². The summed E-state index contributed by atoms with van der Waals surface area (Å²) in [6.45, 7) is 0.664. The molecule has 0 unspecified atom stereocenters. The van der Waals surface area contributed by atoms with Gasteiger partial charge in [-0.3, -0.25) is 4.98 Å². The molecule has 4 nitrogen and oxygen atoms in total. The molecule has 2 aromatic heterocycles. The molecular formula is C14H11N4S-. The van der Waals surface area contributed by atoms with E-state index in [4.69, 9.17) is 12.6 Å². The van der Waals surface area contributed by atoms with Gasteiger partial charge in [0.25, 0.3) is 0 Å². The van der Waals surface area contributed by atoms with Gasteiger partial charge in [-0.15, -0.1) is 5.10 Å². The average molecular weight is 267 g/mol. The van der Waals surface area contributed by atoms with E-state index in [9.17, 15) is 0 Å². The van der Waals surface area contributed by atoms with Crippen molar-refractivity contribution in [1.29, 1.82) is 0 Å². The van der Waals surface area contributed by atoms with E-state index in [1.54, 1.807) is 12.4 Å². The van der Waals surface area contributed by atoms with Gasteiger partial charge in [-0.1, -0.05) is 30.3 Å². The van der Waals surface area contributed by atoms with E-state index in [1.807, 2.05) is 34.9 Å². The topological polar surface area (TPSA) is 43.6 Å². The van der Waals surface area contributed by atoms with Crippen LogP contribution in [0.5, 0.6) is 0 Å². The van der Waals surface area contributed by atoms with E-state index in [1.165, 1.54) is 5.56 Å². The predicted octanol–water partition coefficient (Wildman–Crippen LogP) is 2.29. The molecule has 2 heterocycles. The quantitative estimate of drug-likeness (QED) is 0.683. The molecule has 1 aromatic carbocycles. The lowest BCUT2D eigenvalue weighted by molar-refractivity contribution is 0.716. The Kier molecular flexibility index (Phi) is 3.20. The van der Waals surface area contributed by atoms with Crippen molar-refractivity contribution in [1.82, 2.24) is 19.7 Å². The van der Waals surface area contributed by atoms with Gasteiger partial charge in [0.2, 0.25) is 0 Å². The van der Waals surface area contributed by atoms with Gasteiger partial charge in [0.15, 0.2) is 5.82 Å². The van der Waals surface area contributed by atoms with Crippen molar-refractivity contribution in [3.8, 4) is 11.4 Å². The molecule has 0 fully saturated rings. The third kappa shape index (κ3) is 2.46. The van der Waals surface area contributed by atoms with Gasteiger partial charge in [0.1, 0.15) is 0 Å². The Hall–Kier alpha value is -2.27. The molecule has 0 aliphatic carbocycles. The number of hydrogen-bond donors (Lipinski definition) is 0. The molecule has 0 spiro atoms. The third-order valence-corrected chi connectivity index (χ3v) is 3.12. The fraction of sp³-hybridized carbons (Fsp3) is 0.0714. The highest BCUT2D eigenvalue weighted by molar-refractivity contribution is 7.58. The molecule has 0 saturated carbocycles. The number of rotatable bonds is 3. The third-order valence-electron chi connectivity index (χ3n) is 2.82. The fourth-order valence-corrected chi connectivity index (χ4v) is 2.10. The van der Waals surface area contributed by atoms with Crippen LogP contribution in [0, 0.1) is 0 Å². The Morgan fingerprint density at radius 3 is 2.58 bits per heavy atom. The molecule has 5 heteroatoms. The molecule has 3 rings (SSSR count). The van der Waals surface area contributed by atoms with Crippen LogP contribution < -0.4 is 0 Å². The Morgan fingerprint density at radius 2 is 1.84 bits per heavy atom. The summed E-state index contributed by atoms with van der Waals surface area (Å²) < 4.78 is 1.92. The monoisotopic (exact) mass is 267 g/mol. The van der Waals surface area contributed by atoms with Crippen LogP contribution in [0.1, 0.15) is 5.56 Å². The standard InChI is InChI=1S/C14H12N4S/c19-14-17-16-13(12-7-4-8-15-9-12)18(14)10-11-5-2-1-3-6-11/h1-9H,10H2,(H,17,19)/p-1. The summed E-state index contributed by atoms with van der Waals surface area (Å²) >= 11 is 5.24. The van der Waals surface area contributed by atoms with Gasteiger partial charge in [-0.05, 0) is 17.7 Å². The van der Waals surface area contributed by atoms with Gasteiger partial charge in [0.05, 0.1) is 0 Å². The highest BCUT2D eigenvalue weighted by Crippen LogP contribution is 2.18. The van der Waals surface area contributed by atoms with E-state index in [-0.39, 0.29) is 0 Å². The molecule has 0 aliphatic rings. The number of hydrogen-bond acceptors (Lipinski definition) is 4. The maximum absolute atomic E-state index is 5.24. The van der Waals surface area contributed by atoms with E-state index < -0.39 is 0 Å². The molecule has 0 aliphatic heterocycles. The van der Waals surface area contributed by atoms with Crippen LogP contribution >= 0.6 is 0 Å². The first-order valence-electron chi connectivity index (χ1n) is 5.89. The average Bonchev–Trinajstić information content (AvgIpc) is 2.82. The fourth-order valence-electron chi connectivity index (χ4n) is 1.91. The van der Waals surface area contributed by atoms with Crippen LogP contribution in [0.3, 0.4) is 0 Å². The Bertz CT molecular complexity index is 664. The minimum atomic E-state index is 0.489. The minimum Gasteiger partial charge on any atom is -0.740 e.